The Kier molecular flexibility index (Phi) is 6.96. The van der Waals surface area contributed by atoms with Crippen molar-refractivity contribution in [3.8, 4) is 0 Å². The van der Waals surface area contributed by atoms with Gasteiger partial charge in [0.1, 0.15) is 11.9 Å². The predicted molar refractivity (Wildman–Crippen MR) is 127 cm³/mol. The predicted octanol–water partition coefficient (Wildman–Crippen LogP) is 6.53. The Morgan fingerprint density at radius 3 is 2.66 bits per heavy atom. The summed E-state index contributed by atoms with van der Waals surface area (Å²) in [5, 5.41) is 3.38. The van der Waals surface area contributed by atoms with Gasteiger partial charge in [-0.15, -0.1) is 0 Å². The van der Waals surface area contributed by atoms with Crippen LogP contribution in [0.1, 0.15) is 24.5 Å². The first kappa shape index (κ1) is 22.2. The maximum Gasteiger partial charge on any atom is 0.411 e. The van der Waals surface area contributed by atoms with E-state index in [9.17, 15) is 9.18 Å². The zero-order valence-corrected chi connectivity index (χ0v) is 18.7. The first-order valence-electron chi connectivity index (χ1n) is 10.8. The Morgan fingerprint density at radius 2 is 1.91 bits per heavy atom. The molecule has 0 spiro atoms. The van der Waals surface area contributed by atoms with Crippen LogP contribution in [0.15, 0.2) is 72.8 Å². The summed E-state index contributed by atoms with van der Waals surface area (Å²) in [4.78, 5) is 14.6. The van der Waals surface area contributed by atoms with E-state index in [0.717, 1.165) is 31.0 Å². The number of carbonyl (C=O) groups is 1. The standard InChI is InChI=1S/C26H26ClFN2O2/c1-18(32-26(31)29-24-10-8-23(28)9-11-24)20-13-14-30(17-20)25-12-7-22(27)16-21(25)15-19-5-3-2-4-6-19/h2-12,16,18,20H,13-15,17H2,1H3,(H,29,31). The van der Waals surface area contributed by atoms with E-state index in [1.54, 1.807) is 0 Å². The van der Waals surface area contributed by atoms with Crippen LogP contribution >= 0.6 is 11.6 Å². The number of hydrogen-bond donors (Lipinski definition) is 1. The zero-order valence-electron chi connectivity index (χ0n) is 17.9. The zero-order chi connectivity index (χ0) is 22.5. The van der Waals surface area contributed by atoms with E-state index in [4.69, 9.17) is 16.3 Å². The summed E-state index contributed by atoms with van der Waals surface area (Å²) in [5.74, 6) is -0.133. The van der Waals surface area contributed by atoms with Crippen LogP contribution in [0.25, 0.3) is 0 Å². The monoisotopic (exact) mass is 452 g/mol. The molecule has 0 bridgehead atoms. The number of carbonyl (C=O) groups excluding carboxylic acids is 1. The molecule has 6 heteroatoms. The smallest absolute Gasteiger partial charge is 0.411 e. The van der Waals surface area contributed by atoms with Crippen molar-refractivity contribution in [2.45, 2.75) is 25.9 Å². The number of anilines is 2. The third-order valence-corrected chi connectivity index (χ3v) is 6.13. The van der Waals surface area contributed by atoms with Crippen LogP contribution in [-0.2, 0) is 11.2 Å². The number of rotatable bonds is 6. The first-order chi connectivity index (χ1) is 15.5. The van der Waals surface area contributed by atoms with Gasteiger partial charge in [-0.1, -0.05) is 41.9 Å². The molecule has 0 aromatic heterocycles. The van der Waals surface area contributed by atoms with E-state index in [1.807, 2.05) is 37.3 Å². The van der Waals surface area contributed by atoms with E-state index >= 15 is 0 Å². The molecule has 166 valence electrons. The lowest BCUT2D eigenvalue weighted by atomic mass is 10.0. The van der Waals surface area contributed by atoms with Gasteiger partial charge in [0.15, 0.2) is 0 Å². The quantitative estimate of drug-likeness (QED) is 0.462. The molecule has 0 aliphatic carbocycles. The summed E-state index contributed by atoms with van der Waals surface area (Å²) >= 11 is 6.30. The Balaban J connectivity index is 1.38. The maximum atomic E-state index is 13.0. The third-order valence-electron chi connectivity index (χ3n) is 5.89. The van der Waals surface area contributed by atoms with Crippen LogP contribution in [0.2, 0.25) is 5.02 Å². The van der Waals surface area contributed by atoms with E-state index in [0.29, 0.717) is 5.69 Å². The average Bonchev–Trinajstić information content (AvgIpc) is 3.26. The fourth-order valence-electron chi connectivity index (χ4n) is 4.15. The van der Waals surface area contributed by atoms with Crippen molar-refractivity contribution >= 4 is 29.1 Å². The van der Waals surface area contributed by atoms with Gasteiger partial charge in [0, 0.05) is 35.4 Å². The van der Waals surface area contributed by atoms with E-state index in [-0.39, 0.29) is 17.8 Å². The number of ether oxygens (including phenoxy) is 1. The summed E-state index contributed by atoms with van der Waals surface area (Å²) in [6, 6.07) is 22.0. The fraction of sp³-hybridized carbons (Fsp3) is 0.269. The number of nitrogens with one attached hydrogen (secondary N) is 1. The van der Waals surface area contributed by atoms with Gasteiger partial charge in [0.05, 0.1) is 0 Å². The molecule has 4 nitrogen and oxygen atoms in total. The van der Waals surface area contributed by atoms with Crippen LogP contribution in [0.5, 0.6) is 0 Å². The van der Waals surface area contributed by atoms with Crippen LogP contribution in [0.4, 0.5) is 20.6 Å². The maximum absolute atomic E-state index is 13.0. The second kappa shape index (κ2) is 10.0. The fourth-order valence-corrected chi connectivity index (χ4v) is 4.35. The molecular weight excluding hydrogens is 427 g/mol. The summed E-state index contributed by atoms with van der Waals surface area (Å²) in [6.07, 6.45) is 0.965. The Hall–Kier alpha value is -3.05. The molecule has 3 aromatic carbocycles. The average molecular weight is 453 g/mol. The summed E-state index contributed by atoms with van der Waals surface area (Å²) in [7, 11) is 0. The third kappa shape index (κ3) is 5.60. The molecule has 1 heterocycles. The van der Waals surface area contributed by atoms with Gasteiger partial charge in [-0.25, -0.2) is 9.18 Å². The van der Waals surface area contributed by atoms with Gasteiger partial charge in [-0.2, -0.15) is 0 Å². The second-order valence-electron chi connectivity index (χ2n) is 8.17. The first-order valence-corrected chi connectivity index (χ1v) is 11.2. The summed E-state index contributed by atoms with van der Waals surface area (Å²) in [6.45, 7) is 3.61. The van der Waals surface area contributed by atoms with Crippen molar-refractivity contribution in [1.29, 1.82) is 0 Å². The number of benzene rings is 3. The van der Waals surface area contributed by atoms with Gasteiger partial charge in [0.2, 0.25) is 0 Å². The molecule has 3 aromatic rings. The lowest BCUT2D eigenvalue weighted by molar-refractivity contribution is 0.0897. The number of hydrogen-bond acceptors (Lipinski definition) is 3. The molecule has 1 aliphatic rings. The normalized spacial score (nSPS) is 16.6. The molecule has 0 radical (unpaired) electrons. The molecule has 32 heavy (non-hydrogen) atoms. The van der Waals surface area contributed by atoms with Crippen LogP contribution in [0.3, 0.4) is 0 Å². The van der Waals surface area contributed by atoms with Crippen molar-refractivity contribution < 1.29 is 13.9 Å². The van der Waals surface area contributed by atoms with Gasteiger partial charge >= 0.3 is 6.09 Å². The molecule has 0 saturated carbocycles. The second-order valence-corrected chi connectivity index (χ2v) is 8.61. The van der Waals surface area contributed by atoms with E-state index in [2.05, 4.69) is 28.4 Å². The molecule has 2 unspecified atom stereocenters. The van der Waals surface area contributed by atoms with E-state index < -0.39 is 6.09 Å². The summed E-state index contributed by atoms with van der Waals surface area (Å²) < 4.78 is 18.6. The highest BCUT2D eigenvalue weighted by Gasteiger charge is 2.30. The van der Waals surface area contributed by atoms with Crippen molar-refractivity contribution in [3.63, 3.8) is 0 Å². The molecule has 1 N–H and O–H groups in total. The highest BCUT2D eigenvalue weighted by Crippen LogP contribution is 2.32. The van der Waals surface area contributed by atoms with Gasteiger partial charge in [0.25, 0.3) is 0 Å². The van der Waals surface area contributed by atoms with Crippen molar-refractivity contribution in [1.82, 2.24) is 0 Å². The Labute approximate surface area is 193 Å². The molecular formula is C26H26ClFN2O2. The SMILES string of the molecule is CC(OC(=O)Nc1ccc(F)cc1)C1CCN(c2ccc(Cl)cc2Cc2ccccc2)C1. The minimum atomic E-state index is -0.529. The number of nitrogens with zero attached hydrogens (tertiary/aromatic N) is 1. The van der Waals surface area contributed by atoms with Gasteiger partial charge in [-0.3, -0.25) is 5.32 Å². The highest BCUT2D eigenvalue weighted by atomic mass is 35.5. The van der Waals surface area contributed by atoms with Crippen LogP contribution < -0.4 is 10.2 Å². The number of halogens is 2. The number of amides is 1. The van der Waals surface area contributed by atoms with Crippen LogP contribution in [-0.4, -0.2) is 25.3 Å². The van der Waals surface area contributed by atoms with Crippen molar-refractivity contribution in [3.05, 3.63) is 94.8 Å². The molecule has 4 rings (SSSR count). The van der Waals surface area contributed by atoms with Crippen molar-refractivity contribution in [2.24, 2.45) is 5.92 Å². The van der Waals surface area contributed by atoms with Gasteiger partial charge < -0.3 is 9.64 Å². The lowest BCUT2D eigenvalue weighted by Gasteiger charge is -2.24. The minimum Gasteiger partial charge on any atom is -0.446 e. The van der Waals surface area contributed by atoms with Crippen molar-refractivity contribution in [2.75, 3.05) is 23.3 Å². The Morgan fingerprint density at radius 1 is 1.16 bits per heavy atom. The molecule has 1 amide bonds. The van der Waals surface area contributed by atoms with E-state index in [1.165, 1.54) is 41.1 Å². The summed E-state index contributed by atoms with van der Waals surface area (Å²) in [5.41, 5.74) is 4.10. The minimum absolute atomic E-state index is 0.217. The molecule has 1 aliphatic heterocycles. The largest absolute Gasteiger partial charge is 0.446 e. The molecule has 1 saturated heterocycles. The Bertz CT molecular complexity index is 1060. The molecule has 1 fully saturated rings. The molecule has 2 atom stereocenters. The van der Waals surface area contributed by atoms with Crippen LogP contribution in [0, 0.1) is 11.7 Å². The topological polar surface area (TPSA) is 41.6 Å². The highest BCUT2D eigenvalue weighted by molar-refractivity contribution is 6.30. The van der Waals surface area contributed by atoms with Gasteiger partial charge in [-0.05, 0) is 73.4 Å². The lowest BCUT2D eigenvalue weighted by Crippen LogP contribution is -2.29.